The Morgan fingerprint density at radius 2 is 2.02 bits per heavy atom. The topological polar surface area (TPSA) is 244 Å². The molecule has 0 aromatic carbocycles. The Hall–Kier alpha value is -4.46. The maximum atomic E-state index is 13.4. The Kier molecular flexibility index (Phi) is 9.38. The minimum atomic E-state index is -1.42. The van der Waals surface area contributed by atoms with Crippen molar-refractivity contribution in [3.8, 4) is 0 Å². The molecule has 2 aliphatic rings. The van der Waals surface area contributed by atoms with Crippen LogP contribution in [0.3, 0.4) is 0 Å². The van der Waals surface area contributed by atoms with Crippen LogP contribution in [0.2, 0.25) is 4.34 Å². The number of rotatable bonds is 12. The van der Waals surface area contributed by atoms with E-state index < -0.39 is 47.0 Å². The highest BCUT2D eigenvalue weighted by Crippen LogP contribution is 2.40. The number of amides is 2. The lowest BCUT2D eigenvalue weighted by Crippen LogP contribution is -2.71. The van der Waals surface area contributed by atoms with Crippen LogP contribution in [0.5, 0.6) is 0 Å². The molecule has 0 spiro atoms. The molecular formula is C26H30ClN10O7S2+. The number of halogens is 1. The van der Waals surface area contributed by atoms with Crippen molar-refractivity contribution < 1.29 is 38.8 Å². The first kappa shape index (κ1) is 32.9. The monoisotopic (exact) mass is 693 g/mol. The number of thioether (sulfide) groups is 1. The van der Waals surface area contributed by atoms with Crippen molar-refractivity contribution in [1.29, 1.82) is 0 Å². The van der Waals surface area contributed by atoms with Crippen LogP contribution in [-0.4, -0.2) is 95.5 Å². The van der Waals surface area contributed by atoms with Gasteiger partial charge in [0.25, 0.3) is 11.8 Å². The van der Waals surface area contributed by atoms with E-state index in [1.165, 1.54) is 18.7 Å². The molecule has 0 aliphatic carbocycles. The van der Waals surface area contributed by atoms with E-state index in [1.54, 1.807) is 10.8 Å². The average molecular weight is 694 g/mol. The Balaban J connectivity index is 1.39. The summed E-state index contributed by atoms with van der Waals surface area (Å²) in [6, 6.07) is 2.67. The van der Waals surface area contributed by atoms with Crippen LogP contribution in [0.25, 0.3) is 11.2 Å². The smallest absolute Gasteiger partial charge is 0.352 e. The lowest BCUT2D eigenvalue weighted by atomic mass is 10.0. The Morgan fingerprint density at radius 1 is 1.28 bits per heavy atom. The number of nitrogens with one attached hydrogen (secondary N) is 2. The second-order valence-electron chi connectivity index (χ2n) is 10.4. The molecule has 17 nitrogen and oxygen atoms in total. The van der Waals surface area contributed by atoms with Gasteiger partial charge in [-0.05, 0) is 38.0 Å². The highest BCUT2D eigenvalue weighted by Gasteiger charge is 2.54. The second kappa shape index (κ2) is 13.1. The molecule has 0 bridgehead atoms. The van der Waals surface area contributed by atoms with Crippen LogP contribution in [0.1, 0.15) is 19.5 Å². The van der Waals surface area contributed by atoms with Crippen molar-refractivity contribution in [3.63, 3.8) is 0 Å². The summed E-state index contributed by atoms with van der Waals surface area (Å²) in [5, 5.41) is 28.0. The van der Waals surface area contributed by atoms with E-state index >= 15 is 0 Å². The number of imidazole rings is 1. The molecule has 0 radical (unpaired) electrons. The van der Waals surface area contributed by atoms with E-state index in [0.717, 1.165) is 21.8 Å². The maximum absolute atomic E-state index is 13.4. The lowest BCUT2D eigenvalue weighted by Gasteiger charge is -2.49. The normalized spacial score (nSPS) is 19.4. The Bertz CT molecular complexity index is 1810. The van der Waals surface area contributed by atoms with Crippen molar-refractivity contribution in [2.24, 2.45) is 5.16 Å². The van der Waals surface area contributed by atoms with Gasteiger partial charge in [0.15, 0.2) is 10.8 Å². The van der Waals surface area contributed by atoms with E-state index in [2.05, 4.69) is 25.8 Å². The third-order valence-electron chi connectivity index (χ3n) is 7.35. The van der Waals surface area contributed by atoms with Crippen LogP contribution in [0, 0.1) is 0 Å². The first-order valence-electron chi connectivity index (χ1n) is 13.7. The fraction of sp³-hybridized carbons (Fsp3) is 0.385. The maximum Gasteiger partial charge on any atom is 0.352 e. The van der Waals surface area contributed by atoms with Gasteiger partial charge >= 0.3 is 23.5 Å². The first-order chi connectivity index (χ1) is 21.8. The minimum absolute atomic E-state index is 0.0111. The van der Waals surface area contributed by atoms with Crippen LogP contribution in [0.15, 0.2) is 34.8 Å². The van der Waals surface area contributed by atoms with Crippen molar-refractivity contribution in [2.45, 2.75) is 50.5 Å². The number of nitrogen functional groups attached to an aromatic ring is 2. The summed E-state index contributed by atoms with van der Waals surface area (Å²) in [6.07, 6.45) is 0.342. The number of fused-ring (bicyclic) bond motifs is 2. The van der Waals surface area contributed by atoms with Gasteiger partial charge in [-0.2, -0.15) is 0 Å². The molecule has 2 aliphatic heterocycles. The largest absolute Gasteiger partial charge is 0.478 e. The number of thiazole rings is 1. The number of carboxylic acids is 2. The third kappa shape index (κ3) is 6.17. The van der Waals surface area contributed by atoms with Gasteiger partial charge in [0.05, 0.1) is 6.20 Å². The van der Waals surface area contributed by atoms with Gasteiger partial charge in [-0.15, -0.1) is 11.8 Å². The van der Waals surface area contributed by atoms with Crippen LogP contribution in [0.4, 0.5) is 11.1 Å². The number of carbonyl (C=O) groups is 4. The molecule has 1 fully saturated rings. The number of aromatic nitrogens is 4. The molecule has 3 aromatic rings. The van der Waals surface area contributed by atoms with Gasteiger partial charge < -0.3 is 37.2 Å². The highest BCUT2D eigenvalue weighted by atomic mass is 35.5. The number of likely N-dealkylation sites (N-methyl/N-ethyl adjacent to an activating group) is 1. The molecule has 4 atom stereocenters. The van der Waals surface area contributed by atoms with Crippen molar-refractivity contribution in [1.82, 2.24) is 30.1 Å². The number of nitrogens with zero attached hydrogens (tertiary/aromatic N) is 6. The minimum Gasteiger partial charge on any atom is -0.478 e. The van der Waals surface area contributed by atoms with E-state index in [9.17, 15) is 24.3 Å². The first-order valence-corrected chi connectivity index (χ1v) is 16.0. The molecular weight excluding hydrogens is 664 g/mol. The zero-order valence-corrected chi connectivity index (χ0v) is 27.0. The third-order valence-corrected chi connectivity index (χ3v) is 9.77. The standard InChI is InChI=1S/C26H29ClN10O7S2/c1-10(30-3)7-36-13-5-4-6-35(19(13)33-25(36)28)8-12-9-45-22-16(21(39)37(22)17(12)24(42)43)31-20(38)15(34-44-11(2)23(40)41)14-18(27)46-26(29)32-14/h4-6,10-11,16,22,28,30H,7-9H2,1-3H3,(H5,29,31,32,38,40,41,42,43)/p+1/b34-15-/t10-,11-,16?,22?/m0/s1. The average Bonchev–Trinajstić information content (AvgIpc) is 3.52. The van der Waals surface area contributed by atoms with E-state index in [1.807, 2.05) is 30.7 Å². The lowest BCUT2D eigenvalue weighted by molar-refractivity contribution is -0.664. The number of nitrogens with two attached hydrogens (primary N) is 2. The van der Waals surface area contributed by atoms with Gasteiger partial charge in [0.1, 0.15) is 39.2 Å². The summed E-state index contributed by atoms with van der Waals surface area (Å²) < 4.78 is 3.64. The Labute approximate surface area is 274 Å². The molecule has 46 heavy (non-hydrogen) atoms. The van der Waals surface area contributed by atoms with Gasteiger partial charge in [0.2, 0.25) is 6.10 Å². The van der Waals surface area contributed by atoms with Crippen molar-refractivity contribution in [2.75, 3.05) is 24.3 Å². The number of hydrogen-bond acceptors (Lipinski definition) is 13. The van der Waals surface area contributed by atoms with Gasteiger partial charge in [-0.3, -0.25) is 19.1 Å². The quantitative estimate of drug-likeness (QED) is 0.0626. The number of carbonyl (C=O) groups excluding carboxylic acids is 2. The molecule has 2 amide bonds. The van der Waals surface area contributed by atoms with Crippen LogP contribution in [-0.2, 0) is 37.1 Å². The zero-order chi connectivity index (χ0) is 33.4. The number of anilines is 2. The molecule has 3 aromatic heterocycles. The summed E-state index contributed by atoms with van der Waals surface area (Å²) in [6.45, 7) is 3.90. The SMILES string of the molecule is CN[C@@H](C)Cn1c(N)nc2c1ccc[n+]2CC1=C(C(=O)O)N2C(=O)C(NC(=O)/C(=N\O[C@@H](C)C(=O)O)c3nc(N)sc3Cl)C2SC1. The molecule has 8 N–H and O–H groups in total. The summed E-state index contributed by atoms with van der Waals surface area (Å²) in [7, 11) is 1.84. The number of aliphatic carboxylic acids is 2. The molecule has 1 saturated heterocycles. The fourth-order valence-electron chi connectivity index (χ4n) is 4.89. The molecule has 244 valence electrons. The van der Waals surface area contributed by atoms with Gasteiger partial charge in [-0.25, -0.2) is 19.1 Å². The number of β-lactam (4-membered cyclic amide) rings is 1. The molecule has 5 rings (SSSR count). The molecule has 5 heterocycles. The van der Waals surface area contributed by atoms with E-state index in [0.29, 0.717) is 23.7 Å². The van der Waals surface area contributed by atoms with Gasteiger partial charge in [0, 0.05) is 23.9 Å². The summed E-state index contributed by atoms with van der Waals surface area (Å²) in [5.74, 6) is -3.71. The van der Waals surface area contributed by atoms with Crippen LogP contribution >= 0.6 is 34.7 Å². The number of carboxylic acid groups (broad SMARTS) is 2. The predicted octanol–water partition coefficient (Wildman–Crippen LogP) is -0.161. The van der Waals surface area contributed by atoms with Crippen molar-refractivity contribution in [3.05, 3.63) is 39.6 Å². The molecule has 20 heteroatoms. The summed E-state index contributed by atoms with van der Waals surface area (Å²) in [4.78, 5) is 65.0. The fourth-order valence-corrected chi connectivity index (χ4v) is 7.16. The molecule has 2 unspecified atom stereocenters. The number of oxime groups is 1. The highest BCUT2D eigenvalue weighted by molar-refractivity contribution is 8.00. The summed E-state index contributed by atoms with van der Waals surface area (Å²) >= 11 is 8.29. The zero-order valence-electron chi connectivity index (χ0n) is 24.6. The van der Waals surface area contributed by atoms with E-state index in [4.69, 9.17) is 33.0 Å². The van der Waals surface area contributed by atoms with E-state index in [-0.39, 0.29) is 39.2 Å². The Morgan fingerprint density at radius 3 is 2.65 bits per heavy atom. The number of pyridine rings is 1. The predicted molar refractivity (Wildman–Crippen MR) is 169 cm³/mol. The summed E-state index contributed by atoms with van der Waals surface area (Å²) in [5.41, 5.74) is 12.9. The molecule has 0 saturated carbocycles. The second-order valence-corrected chi connectivity index (χ2v) is 13.2. The van der Waals surface area contributed by atoms with Gasteiger partial charge in [-0.1, -0.05) is 28.1 Å². The van der Waals surface area contributed by atoms with Crippen LogP contribution < -0.4 is 26.7 Å². The van der Waals surface area contributed by atoms with Crippen molar-refractivity contribution >= 4 is 86.4 Å². The number of hydrogen-bond donors (Lipinski definition) is 6.